The van der Waals surface area contributed by atoms with Crippen molar-refractivity contribution in [3.63, 3.8) is 0 Å². The van der Waals surface area contributed by atoms with Crippen molar-refractivity contribution in [1.29, 1.82) is 0 Å². The number of amides is 2. The van der Waals surface area contributed by atoms with Crippen LogP contribution in [0.1, 0.15) is 80.8 Å². The summed E-state index contributed by atoms with van der Waals surface area (Å²) in [7, 11) is 1.33. The summed E-state index contributed by atoms with van der Waals surface area (Å²) >= 11 is 0. The molecule has 45 heavy (non-hydrogen) atoms. The van der Waals surface area contributed by atoms with E-state index in [0.29, 0.717) is 22.5 Å². The van der Waals surface area contributed by atoms with Gasteiger partial charge in [-0.05, 0) is 53.5 Å². The Hall–Kier alpha value is -3.95. The first-order valence-corrected chi connectivity index (χ1v) is 14.7. The number of anilines is 1. The van der Waals surface area contributed by atoms with Crippen LogP contribution in [0, 0.1) is 24.0 Å². The fourth-order valence-electron chi connectivity index (χ4n) is 5.53. The van der Waals surface area contributed by atoms with Crippen LogP contribution in [0.3, 0.4) is 0 Å². The van der Waals surface area contributed by atoms with Gasteiger partial charge in [0.15, 0.2) is 12.4 Å². The zero-order valence-corrected chi connectivity index (χ0v) is 26.6. The van der Waals surface area contributed by atoms with Gasteiger partial charge in [-0.1, -0.05) is 12.1 Å². The molecule has 0 bridgehead atoms. The molecule has 2 aromatic rings. The SMILES string of the molecule is COC(C(=O)NC1(CF)CCN(C(=O)OC(C)(C)C)C1)c1nc(C)nc(N[C@H](C)c2cccc([N+](=O)[O-])c2C)c1C1OCCO1. The van der Waals surface area contributed by atoms with Gasteiger partial charge in [0, 0.05) is 31.8 Å². The van der Waals surface area contributed by atoms with E-state index in [4.69, 9.17) is 18.9 Å². The summed E-state index contributed by atoms with van der Waals surface area (Å²) in [6.45, 7) is 10.1. The maximum absolute atomic E-state index is 14.6. The summed E-state index contributed by atoms with van der Waals surface area (Å²) in [6, 6.07) is 4.36. The van der Waals surface area contributed by atoms with Gasteiger partial charge in [0.1, 0.15) is 23.9 Å². The van der Waals surface area contributed by atoms with Crippen molar-refractivity contribution >= 4 is 23.5 Å². The van der Waals surface area contributed by atoms with E-state index in [9.17, 15) is 24.1 Å². The van der Waals surface area contributed by atoms with Gasteiger partial charge >= 0.3 is 6.09 Å². The molecule has 3 heterocycles. The molecule has 2 amide bonds. The first-order valence-electron chi connectivity index (χ1n) is 14.7. The number of aromatic nitrogens is 2. The summed E-state index contributed by atoms with van der Waals surface area (Å²) in [5.41, 5.74) is -0.484. The minimum Gasteiger partial charge on any atom is -0.444 e. The van der Waals surface area contributed by atoms with Gasteiger partial charge in [-0.3, -0.25) is 14.9 Å². The number of likely N-dealkylation sites (tertiary alicyclic amines) is 1. The number of nitro benzene ring substituents is 1. The molecule has 3 atom stereocenters. The van der Waals surface area contributed by atoms with Gasteiger partial charge < -0.3 is 34.5 Å². The maximum atomic E-state index is 14.6. The van der Waals surface area contributed by atoms with E-state index in [1.165, 1.54) is 18.1 Å². The summed E-state index contributed by atoms with van der Waals surface area (Å²) in [5.74, 6) is -0.0916. The highest BCUT2D eigenvalue weighted by atomic mass is 19.1. The van der Waals surface area contributed by atoms with E-state index in [2.05, 4.69) is 20.6 Å². The zero-order valence-electron chi connectivity index (χ0n) is 26.6. The third kappa shape index (κ3) is 7.65. The predicted molar refractivity (Wildman–Crippen MR) is 160 cm³/mol. The molecule has 246 valence electrons. The van der Waals surface area contributed by atoms with Gasteiger partial charge in [0.25, 0.3) is 11.6 Å². The number of halogens is 1. The first-order chi connectivity index (χ1) is 21.2. The zero-order chi connectivity index (χ0) is 33.1. The van der Waals surface area contributed by atoms with Crippen LogP contribution in [0.4, 0.5) is 20.7 Å². The van der Waals surface area contributed by atoms with Crippen molar-refractivity contribution in [2.24, 2.45) is 0 Å². The highest BCUT2D eigenvalue weighted by Gasteiger charge is 2.45. The molecule has 2 fully saturated rings. The molecule has 2 aliphatic rings. The second-order valence-electron chi connectivity index (χ2n) is 12.3. The molecule has 0 spiro atoms. The van der Waals surface area contributed by atoms with Crippen LogP contribution < -0.4 is 10.6 Å². The van der Waals surface area contributed by atoms with Crippen molar-refractivity contribution in [3.8, 4) is 0 Å². The van der Waals surface area contributed by atoms with Crippen LogP contribution in [-0.2, 0) is 23.7 Å². The maximum Gasteiger partial charge on any atom is 0.410 e. The Balaban J connectivity index is 1.66. The standard InChI is InChI=1S/C30H41FN6O8/c1-17-20(9-8-10-21(17)37(40)41)18(2)32-25-22(27-43-13-14-44-27)23(33-19(3)34-25)24(42-7)26(38)35-30(15-31)11-12-36(16-30)28(39)45-29(4,5)6/h8-10,18,24,27H,11-16H2,1-7H3,(H,35,38)(H,32,33,34)/t18-,24?,30?/m1/s1. The number of benzene rings is 1. The topological polar surface area (TPSA) is 167 Å². The van der Waals surface area contributed by atoms with Crippen LogP contribution in [0.15, 0.2) is 18.2 Å². The average molecular weight is 633 g/mol. The molecule has 0 aliphatic carbocycles. The van der Waals surface area contributed by atoms with Crippen molar-refractivity contribution in [1.82, 2.24) is 20.2 Å². The third-order valence-corrected chi connectivity index (χ3v) is 7.68. The van der Waals surface area contributed by atoms with E-state index in [1.807, 2.05) is 6.92 Å². The molecular formula is C30H41FN6O8. The van der Waals surface area contributed by atoms with E-state index >= 15 is 0 Å². The Morgan fingerprint density at radius 1 is 1.24 bits per heavy atom. The lowest BCUT2D eigenvalue weighted by molar-refractivity contribution is -0.385. The lowest BCUT2D eigenvalue weighted by Crippen LogP contribution is -2.54. The molecule has 1 aromatic carbocycles. The van der Waals surface area contributed by atoms with Gasteiger partial charge in [-0.15, -0.1) is 0 Å². The number of ether oxygens (including phenoxy) is 4. The number of carbonyl (C=O) groups is 2. The number of rotatable bonds is 10. The van der Waals surface area contributed by atoms with Gasteiger partial charge in [-0.2, -0.15) is 0 Å². The van der Waals surface area contributed by atoms with Crippen molar-refractivity contribution in [2.45, 2.75) is 77.5 Å². The summed E-state index contributed by atoms with van der Waals surface area (Å²) < 4.78 is 37.3. The number of methoxy groups -OCH3 is 1. The Morgan fingerprint density at radius 2 is 1.93 bits per heavy atom. The number of nitrogens with one attached hydrogen (secondary N) is 2. The third-order valence-electron chi connectivity index (χ3n) is 7.68. The molecule has 1 aromatic heterocycles. The Kier molecular flexibility index (Phi) is 10.2. The average Bonchev–Trinajstić information content (AvgIpc) is 3.63. The Labute approximate surface area is 261 Å². The molecule has 0 radical (unpaired) electrons. The predicted octanol–water partition coefficient (Wildman–Crippen LogP) is 4.37. The van der Waals surface area contributed by atoms with Crippen LogP contribution in [0.2, 0.25) is 0 Å². The Bertz CT molecular complexity index is 1430. The number of nitro groups is 1. The molecular weight excluding hydrogens is 591 g/mol. The largest absolute Gasteiger partial charge is 0.444 e. The molecule has 2 N–H and O–H groups in total. The lowest BCUT2D eigenvalue weighted by Gasteiger charge is -2.31. The number of hydrogen-bond donors (Lipinski definition) is 2. The summed E-state index contributed by atoms with van der Waals surface area (Å²) in [6.07, 6.45) is -2.70. The highest BCUT2D eigenvalue weighted by molar-refractivity contribution is 5.83. The summed E-state index contributed by atoms with van der Waals surface area (Å²) in [4.78, 5) is 48.1. The molecule has 4 rings (SSSR count). The lowest BCUT2D eigenvalue weighted by atomic mass is 9.98. The van der Waals surface area contributed by atoms with E-state index in [-0.39, 0.29) is 49.9 Å². The number of hydrogen-bond acceptors (Lipinski definition) is 11. The van der Waals surface area contributed by atoms with Crippen LogP contribution in [-0.4, -0.2) is 83.0 Å². The van der Waals surface area contributed by atoms with Gasteiger partial charge in [0.2, 0.25) is 0 Å². The highest BCUT2D eigenvalue weighted by Crippen LogP contribution is 2.37. The van der Waals surface area contributed by atoms with Gasteiger partial charge in [-0.25, -0.2) is 19.2 Å². The second-order valence-corrected chi connectivity index (χ2v) is 12.3. The van der Waals surface area contributed by atoms with Gasteiger partial charge in [0.05, 0.1) is 41.0 Å². The minimum atomic E-state index is -1.36. The molecule has 14 nitrogen and oxygen atoms in total. The number of aryl methyl sites for hydroxylation is 1. The van der Waals surface area contributed by atoms with Crippen molar-refractivity contribution in [3.05, 3.63) is 56.5 Å². The fourth-order valence-corrected chi connectivity index (χ4v) is 5.53. The van der Waals surface area contributed by atoms with E-state index in [1.54, 1.807) is 46.8 Å². The molecule has 2 unspecified atom stereocenters. The quantitative estimate of drug-likeness (QED) is 0.282. The number of nitrogens with zero attached hydrogens (tertiary/aromatic N) is 4. The normalized spacial score (nSPS) is 20.1. The Morgan fingerprint density at radius 3 is 2.53 bits per heavy atom. The van der Waals surface area contributed by atoms with Crippen LogP contribution >= 0.6 is 0 Å². The fraction of sp³-hybridized carbons (Fsp3) is 0.600. The van der Waals surface area contributed by atoms with Crippen LogP contribution in [0.5, 0.6) is 0 Å². The molecule has 2 saturated heterocycles. The number of carbonyl (C=O) groups excluding carboxylic acids is 2. The van der Waals surface area contributed by atoms with Crippen LogP contribution in [0.25, 0.3) is 0 Å². The molecule has 15 heteroatoms. The number of alkyl halides is 1. The smallest absolute Gasteiger partial charge is 0.410 e. The van der Waals surface area contributed by atoms with Crippen molar-refractivity contribution < 1.29 is 37.9 Å². The minimum absolute atomic E-state index is 0.0153. The van der Waals surface area contributed by atoms with E-state index in [0.717, 1.165) is 0 Å². The monoisotopic (exact) mass is 632 g/mol. The van der Waals surface area contributed by atoms with Crippen molar-refractivity contribution in [2.75, 3.05) is 45.4 Å². The first kappa shape index (κ1) is 33.9. The molecule has 2 aliphatic heterocycles. The summed E-state index contributed by atoms with van der Waals surface area (Å²) in [5, 5.41) is 17.6. The molecule has 0 saturated carbocycles. The second kappa shape index (κ2) is 13.6. The van der Waals surface area contributed by atoms with E-state index < -0.39 is 53.2 Å².